The van der Waals surface area contributed by atoms with Crippen molar-refractivity contribution in [2.45, 2.75) is 23.6 Å². The number of hydrogen-bond acceptors (Lipinski definition) is 6. The maximum absolute atomic E-state index is 12.9. The van der Waals surface area contributed by atoms with Crippen LogP contribution in [0.4, 0.5) is 5.69 Å². The van der Waals surface area contributed by atoms with Gasteiger partial charge in [0.1, 0.15) is 0 Å². The lowest BCUT2D eigenvalue weighted by Gasteiger charge is -2.33. The fourth-order valence-electron chi connectivity index (χ4n) is 3.06. The molecule has 0 amide bonds. The molecule has 0 bridgehead atoms. The molecule has 1 saturated heterocycles. The van der Waals surface area contributed by atoms with E-state index in [4.69, 9.17) is 0 Å². The molecular formula is C18H21N3O6S2. The summed E-state index contributed by atoms with van der Waals surface area (Å²) in [5.41, 5.74) is 1.65. The molecule has 1 aliphatic rings. The summed E-state index contributed by atoms with van der Waals surface area (Å²) in [7, 11) is -7.57. The number of aryl methyl sites for hydroxylation is 2. The maximum Gasteiger partial charge on any atom is 0.269 e. The average Bonchev–Trinajstić information content (AvgIpc) is 2.70. The number of hydrogen-bond donors (Lipinski definition) is 0. The number of nitro benzene ring substituents is 1. The topological polar surface area (TPSA) is 118 Å². The van der Waals surface area contributed by atoms with E-state index >= 15 is 0 Å². The molecule has 1 heterocycles. The number of rotatable bonds is 5. The number of sulfonamides is 2. The molecule has 0 unspecified atom stereocenters. The van der Waals surface area contributed by atoms with Crippen LogP contribution in [0.15, 0.2) is 52.3 Å². The molecule has 0 saturated carbocycles. The molecule has 11 heteroatoms. The summed E-state index contributed by atoms with van der Waals surface area (Å²) in [6.45, 7) is 3.80. The molecule has 0 aliphatic carbocycles. The van der Waals surface area contributed by atoms with Crippen LogP contribution in [0.1, 0.15) is 11.1 Å². The van der Waals surface area contributed by atoms with Crippen LogP contribution >= 0.6 is 0 Å². The van der Waals surface area contributed by atoms with Gasteiger partial charge in [-0.15, -0.1) is 0 Å². The smallest absolute Gasteiger partial charge is 0.258 e. The Balaban J connectivity index is 1.75. The van der Waals surface area contributed by atoms with Gasteiger partial charge in [0.05, 0.1) is 14.7 Å². The number of nitro groups is 1. The van der Waals surface area contributed by atoms with Gasteiger partial charge in [-0.05, 0) is 49.2 Å². The predicted molar refractivity (Wildman–Crippen MR) is 107 cm³/mol. The minimum Gasteiger partial charge on any atom is -0.258 e. The fourth-order valence-corrected chi connectivity index (χ4v) is 5.99. The van der Waals surface area contributed by atoms with Gasteiger partial charge in [-0.3, -0.25) is 10.1 Å². The van der Waals surface area contributed by atoms with Gasteiger partial charge in [-0.1, -0.05) is 6.07 Å². The largest absolute Gasteiger partial charge is 0.269 e. The highest BCUT2D eigenvalue weighted by atomic mass is 32.2. The van der Waals surface area contributed by atoms with E-state index in [2.05, 4.69) is 0 Å². The molecule has 1 aliphatic heterocycles. The van der Waals surface area contributed by atoms with Crippen molar-refractivity contribution in [2.75, 3.05) is 26.2 Å². The number of benzene rings is 2. The van der Waals surface area contributed by atoms with E-state index in [-0.39, 0.29) is 41.7 Å². The van der Waals surface area contributed by atoms with Crippen molar-refractivity contribution in [1.29, 1.82) is 0 Å². The molecule has 1 fully saturated rings. The van der Waals surface area contributed by atoms with Gasteiger partial charge < -0.3 is 0 Å². The summed E-state index contributed by atoms with van der Waals surface area (Å²) in [6.07, 6.45) is 0. The highest BCUT2D eigenvalue weighted by molar-refractivity contribution is 7.89. The first-order chi connectivity index (χ1) is 13.5. The minimum atomic E-state index is -3.86. The Hall–Kier alpha value is -2.34. The van der Waals surface area contributed by atoms with E-state index in [1.165, 1.54) is 20.7 Å². The third-order valence-electron chi connectivity index (χ3n) is 5.00. The van der Waals surface area contributed by atoms with Crippen LogP contribution in [0.3, 0.4) is 0 Å². The van der Waals surface area contributed by atoms with E-state index in [1.54, 1.807) is 18.2 Å². The highest BCUT2D eigenvalue weighted by Gasteiger charge is 2.34. The molecule has 0 aromatic heterocycles. The lowest BCUT2D eigenvalue weighted by Crippen LogP contribution is -2.50. The molecule has 0 spiro atoms. The molecule has 2 aromatic carbocycles. The van der Waals surface area contributed by atoms with Gasteiger partial charge in [0, 0.05) is 38.3 Å². The first-order valence-electron chi connectivity index (χ1n) is 8.85. The summed E-state index contributed by atoms with van der Waals surface area (Å²) in [6, 6.07) is 9.55. The van der Waals surface area contributed by atoms with Crippen LogP contribution in [0.25, 0.3) is 0 Å². The maximum atomic E-state index is 12.9. The lowest BCUT2D eigenvalue weighted by atomic mass is 10.1. The van der Waals surface area contributed by atoms with Gasteiger partial charge in [-0.25, -0.2) is 16.8 Å². The minimum absolute atomic E-state index is 0.00337. The molecule has 3 rings (SSSR count). The monoisotopic (exact) mass is 439 g/mol. The Morgan fingerprint density at radius 1 is 0.759 bits per heavy atom. The molecular weight excluding hydrogens is 418 g/mol. The van der Waals surface area contributed by atoms with Crippen LogP contribution in [-0.4, -0.2) is 56.5 Å². The summed E-state index contributed by atoms with van der Waals surface area (Å²) in [5, 5.41) is 10.7. The van der Waals surface area contributed by atoms with Crippen LogP contribution in [0.5, 0.6) is 0 Å². The molecule has 9 nitrogen and oxygen atoms in total. The summed E-state index contributed by atoms with van der Waals surface area (Å²) >= 11 is 0. The van der Waals surface area contributed by atoms with Crippen molar-refractivity contribution < 1.29 is 21.8 Å². The van der Waals surface area contributed by atoms with Crippen LogP contribution in [-0.2, 0) is 20.0 Å². The van der Waals surface area contributed by atoms with Crippen molar-refractivity contribution in [3.8, 4) is 0 Å². The molecule has 29 heavy (non-hydrogen) atoms. The molecule has 2 aromatic rings. The third kappa shape index (κ3) is 4.17. The third-order valence-corrected chi connectivity index (χ3v) is 8.81. The average molecular weight is 440 g/mol. The van der Waals surface area contributed by atoms with Gasteiger partial charge in [0.2, 0.25) is 20.0 Å². The number of piperazine rings is 1. The standard InChI is InChI=1S/C18H21N3O6S2/c1-14-3-6-18(13-15(14)2)29(26,27)20-11-9-19(10-12-20)28(24,25)17-7-4-16(5-8-17)21(22)23/h3-8,13H,9-12H2,1-2H3. The van der Waals surface area contributed by atoms with E-state index in [1.807, 2.05) is 13.8 Å². The second-order valence-corrected chi connectivity index (χ2v) is 10.7. The second kappa shape index (κ2) is 7.82. The first kappa shape index (κ1) is 21.4. The van der Waals surface area contributed by atoms with E-state index in [0.29, 0.717) is 0 Å². The Morgan fingerprint density at radius 2 is 1.21 bits per heavy atom. The molecule has 0 radical (unpaired) electrons. The Kier molecular flexibility index (Phi) is 5.77. The zero-order valence-corrected chi connectivity index (χ0v) is 17.6. The van der Waals surface area contributed by atoms with E-state index in [0.717, 1.165) is 23.3 Å². The quantitative estimate of drug-likeness (QED) is 0.519. The lowest BCUT2D eigenvalue weighted by molar-refractivity contribution is -0.384. The SMILES string of the molecule is Cc1ccc(S(=O)(=O)N2CCN(S(=O)(=O)c3ccc([N+](=O)[O-])cc3)CC2)cc1C. The van der Waals surface area contributed by atoms with Gasteiger partial charge in [0.25, 0.3) is 5.69 Å². The molecule has 0 N–H and O–H groups in total. The fraction of sp³-hybridized carbons (Fsp3) is 0.333. The predicted octanol–water partition coefficient (Wildman–Crippen LogP) is 1.91. The van der Waals surface area contributed by atoms with Crippen LogP contribution in [0.2, 0.25) is 0 Å². The van der Waals surface area contributed by atoms with Crippen molar-refractivity contribution in [3.63, 3.8) is 0 Å². The Morgan fingerprint density at radius 3 is 1.66 bits per heavy atom. The van der Waals surface area contributed by atoms with Crippen LogP contribution in [0, 0.1) is 24.0 Å². The summed E-state index contributed by atoms with van der Waals surface area (Å²) < 4.78 is 53.7. The van der Waals surface area contributed by atoms with Crippen molar-refractivity contribution in [2.24, 2.45) is 0 Å². The van der Waals surface area contributed by atoms with Crippen molar-refractivity contribution in [3.05, 3.63) is 63.7 Å². The highest BCUT2D eigenvalue weighted by Crippen LogP contribution is 2.24. The zero-order valence-electron chi connectivity index (χ0n) is 16.0. The Labute approximate surface area is 169 Å². The van der Waals surface area contributed by atoms with Crippen LogP contribution < -0.4 is 0 Å². The molecule has 0 atom stereocenters. The number of non-ortho nitro benzene ring substituents is 1. The van der Waals surface area contributed by atoms with E-state index < -0.39 is 25.0 Å². The van der Waals surface area contributed by atoms with E-state index in [9.17, 15) is 26.9 Å². The zero-order chi connectivity index (χ0) is 21.4. The number of nitrogens with zero attached hydrogens (tertiary/aromatic N) is 3. The second-order valence-electron chi connectivity index (χ2n) is 6.81. The Bertz CT molecular complexity index is 1140. The summed E-state index contributed by atoms with van der Waals surface area (Å²) in [5.74, 6) is 0. The van der Waals surface area contributed by atoms with Crippen molar-refractivity contribution >= 4 is 25.7 Å². The van der Waals surface area contributed by atoms with Gasteiger partial charge >= 0.3 is 0 Å². The normalized spacial score (nSPS) is 16.6. The van der Waals surface area contributed by atoms with Gasteiger partial charge in [-0.2, -0.15) is 8.61 Å². The van der Waals surface area contributed by atoms with Gasteiger partial charge in [0.15, 0.2) is 0 Å². The molecule has 156 valence electrons. The van der Waals surface area contributed by atoms with Crippen molar-refractivity contribution in [1.82, 2.24) is 8.61 Å². The first-order valence-corrected chi connectivity index (χ1v) is 11.7. The summed E-state index contributed by atoms with van der Waals surface area (Å²) in [4.78, 5) is 10.3.